The molecule has 4 N–H and O–H groups in total. The smallest absolute Gasteiger partial charge is 0.312 e. The quantitative estimate of drug-likeness (QED) is 0.804. The zero-order chi connectivity index (χ0) is 15.2. The number of urea groups is 1. The van der Waals surface area contributed by atoms with Crippen LogP contribution in [0.2, 0.25) is 0 Å². The molecule has 0 aliphatic heterocycles. The maximum absolute atomic E-state index is 12.1. The van der Waals surface area contributed by atoms with Crippen LogP contribution < -0.4 is 16.4 Å². The molecule has 3 amide bonds. The summed E-state index contributed by atoms with van der Waals surface area (Å²) in [5.74, 6) is -0.322. The molecule has 2 rings (SSSR count). The highest BCUT2D eigenvalue weighted by Crippen LogP contribution is 2.27. The third-order valence-electron chi connectivity index (χ3n) is 3.02. The molecule has 0 fully saturated rings. The van der Waals surface area contributed by atoms with Crippen LogP contribution in [0.25, 0.3) is 11.1 Å². The fraction of sp³-hybridized carbons (Fsp3) is 0.125. The van der Waals surface area contributed by atoms with E-state index in [1.54, 1.807) is 6.92 Å². The predicted molar refractivity (Wildman–Crippen MR) is 82.7 cm³/mol. The van der Waals surface area contributed by atoms with Crippen LogP contribution in [0.3, 0.4) is 0 Å². The van der Waals surface area contributed by atoms with E-state index in [-0.39, 0.29) is 5.91 Å². The van der Waals surface area contributed by atoms with Crippen molar-refractivity contribution < 1.29 is 9.59 Å². The second kappa shape index (κ2) is 6.56. The lowest BCUT2D eigenvalue weighted by Crippen LogP contribution is -2.44. The Morgan fingerprint density at radius 2 is 1.62 bits per heavy atom. The fourth-order valence-corrected chi connectivity index (χ4v) is 1.98. The molecule has 1 atom stereocenters. The van der Waals surface area contributed by atoms with Gasteiger partial charge in [0.15, 0.2) is 0 Å². The van der Waals surface area contributed by atoms with Gasteiger partial charge in [0.1, 0.15) is 6.04 Å². The van der Waals surface area contributed by atoms with Gasteiger partial charge in [-0.05, 0) is 18.6 Å². The summed E-state index contributed by atoms with van der Waals surface area (Å²) in [4.78, 5) is 22.8. The Morgan fingerprint density at radius 1 is 1.00 bits per heavy atom. The van der Waals surface area contributed by atoms with Crippen molar-refractivity contribution in [3.63, 3.8) is 0 Å². The van der Waals surface area contributed by atoms with Gasteiger partial charge in [-0.15, -0.1) is 0 Å². The molecule has 5 heteroatoms. The molecule has 0 bridgehead atoms. The Labute approximate surface area is 123 Å². The van der Waals surface area contributed by atoms with Gasteiger partial charge in [-0.2, -0.15) is 0 Å². The first kappa shape index (κ1) is 14.6. The van der Waals surface area contributed by atoms with Gasteiger partial charge in [0.05, 0.1) is 0 Å². The van der Waals surface area contributed by atoms with Crippen molar-refractivity contribution in [2.24, 2.45) is 5.73 Å². The number of amides is 3. The lowest BCUT2D eigenvalue weighted by Gasteiger charge is -2.15. The van der Waals surface area contributed by atoms with Crippen LogP contribution in [0, 0.1) is 0 Å². The van der Waals surface area contributed by atoms with Crippen molar-refractivity contribution in [3.05, 3.63) is 54.6 Å². The zero-order valence-corrected chi connectivity index (χ0v) is 11.7. The maximum atomic E-state index is 12.1. The number of benzene rings is 2. The normalized spacial score (nSPS) is 11.5. The van der Waals surface area contributed by atoms with Crippen molar-refractivity contribution in [1.29, 1.82) is 0 Å². The summed E-state index contributed by atoms with van der Waals surface area (Å²) in [6.45, 7) is 1.57. The number of carbonyl (C=O) groups is 2. The first-order valence-corrected chi connectivity index (χ1v) is 6.59. The van der Waals surface area contributed by atoms with Crippen LogP contribution in [0.1, 0.15) is 6.92 Å². The number of hydrogen-bond donors (Lipinski definition) is 3. The average molecular weight is 283 g/mol. The van der Waals surface area contributed by atoms with Gasteiger partial charge < -0.3 is 16.4 Å². The van der Waals surface area contributed by atoms with E-state index in [0.717, 1.165) is 11.1 Å². The SMILES string of the molecule is CC(NC(N)=O)C(=O)Nc1ccccc1-c1ccccc1. The second-order valence-corrected chi connectivity index (χ2v) is 4.63. The highest BCUT2D eigenvalue weighted by Gasteiger charge is 2.15. The Hall–Kier alpha value is -2.82. The number of hydrogen-bond acceptors (Lipinski definition) is 2. The molecule has 1 unspecified atom stereocenters. The molecule has 0 radical (unpaired) electrons. The highest BCUT2D eigenvalue weighted by atomic mass is 16.2. The van der Waals surface area contributed by atoms with E-state index in [1.807, 2.05) is 54.6 Å². The van der Waals surface area contributed by atoms with E-state index in [9.17, 15) is 9.59 Å². The molecule has 0 aliphatic carbocycles. The molecule has 21 heavy (non-hydrogen) atoms. The molecule has 0 saturated heterocycles. The van der Waals surface area contributed by atoms with Crippen LogP contribution in [0.4, 0.5) is 10.5 Å². The predicted octanol–water partition coefficient (Wildman–Crippen LogP) is 2.35. The van der Waals surface area contributed by atoms with E-state index in [2.05, 4.69) is 10.6 Å². The third-order valence-corrected chi connectivity index (χ3v) is 3.02. The number of carbonyl (C=O) groups excluding carboxylic acids is 2. The van der Waals surface area contributed by atoms with Crippen molar-refractivity contribution in [1.82, 2.24) is 5.32 Å². The van der Waals surface area contributed by atoms with E-state index >= 15 is 0 Å². The van der Waals surface area contributed by atoms with Gasteiger partial charge >= 0.3 is 6.03 Å². The lowest BCUT2D eigenvalue weighted by atomic mass is 10.0. The average Bonchev–Trinajstić information content (AvgIpc) is 2.48. The van der Waals surface area contributed by atoms with E-state index < -0.39 is 12.1 Å². The number of anilines is 1. The Bertz CT molecular complexity index is 641. The van der Waals surface area contributed by atoms with Crippen molar-refractivity contribution in [2.75, 3.05) is 5.32 Å². The summed E-state index contributed by atoms with van der Waals surface area (Å²) >= 11 is 0. The van der Waals surface area contributed by atoms with Crippen molar-refractivity contribution in [3.8, 4) is 11.1 Å². The third kappa shape index (κ3) is 3.82. The van der Waals surface area contributed by atoms with Gasteiger partial charge in [-0.25, -0.2) is 4.79 Å². The molecule has 5 nitrogen and oxygen atoms in total. The summed E-state index contributed by atoms with van der Waals surface area (Å²) in [5, 5.41) is 5.15. The topological polar surface area (TPSA) is 84.2 Å². The molecule has 0 spiro atoms. The number of rotatable bonds is 4. The first-order chi connectivity index (χ1) is 10.1. The van der Waals surface area contributed by atoms with Crippen molar-refractivity contribution >= 4 is 17.6 Å². The van der Waals surface area contributed by atoms with Crippen LogP contribution in [0.5, 0.6) is 0 Å². The standard InChI is InChI=1S/C16H17N3O2/c1-11(18-16(17)21)15(20)19-14-10-6-5-9-13(14)12-7-3-2-4-8-12/h2-11H,1H3,(H,19,20)(H3,17,18,21). The summed E-state index contributed by atoms with van der Waals surface area (Å²) < 4.78 is 0. The lowest BCUT2D eigenvalue weighted by molar-refractivity contribution is -0.117. The number of nitrogens with one attached hydrogen (secondary N) is 2. The van der Waals surface area contributed by atoms with Crippen LogP contribution >= 0.6 is 0 Å². The molecule has 108 valence electrons. The van der Waals surface area contributed by atoms with E-state index in [4.69, 9.17) is 5.73 Å². The second-order valence-electron chi connectivity index (χ2n) is 4.63. The Morgan fingerprint density at radius 3 is 2.29 bits per heavy atom. The van der Waals surface area contributed by atoms with Gasteiger partial charge in [0.2, 0.25) is 5.91 Å². The minimum Gasteiger partial charge on any atom is -0.352 e. The molecule has 0 saturated carbocycles. The van der Waals surface area contributed by atoms with Crippen molar-refractivity contribution in [2.45, 2.75) is 13.0 Å². The monoisotopic (exact) mass is 283 g/mol. The maximum Gasteiger partial charge on any atom is 0.312 e. The molecular formula is C16H17N3O2. The van der Waals surface area contributed by atoms with Gasteiger partial charge in [0, 0.05) is 11.3 Å². The summed E-state index contributed by atoms with van der Waals surface area (Å²) in [5.41, 5.74) is 7.62. The molecule has 0 heterocycles. The molecule has 0 aliphatic rings. The van der Waals surface area contributed by atoms with Gasteiger partial charge in [-0.1, -0.05) is 48.5 Å². The largest absolute Gasteiger partial charge is 0.352 e. The van der Waals surface area contributed by atoms with E-state index in [1.165, 1.54) is 0 Å². The minimum absolute atomic E-state index is 0.322. The summed E-state index contributed by atoms with van der Waals surface area (Å²) in [7, 11) is 0. The number of para-hydroxylation sites is 1. The Kier molecular flexibility index (Phi) is 4.56. The minimum atomic E-state index is -0.728. The summed E-state index contributed by atoms with van der Waals surface area (Å²) in [6, 6.07) is 15.8. The fourth-order valence-electron chi connectivity index (χ4n) is 1.98. The van der Waals surface area contributed by atoms with Crippen LogP contribution in [0.15, 0.2) is 54.6 Å². The molecular weight excluding hydrogens is 266 g/mol. The molecule has 2 aromatic rings. The number of primary amides is 1. The van der Waals surface area contributed by atoms with Gasteiger partial charge in [-0.3, -0.25) is 4.79 Å². The first-order valence-electron chi connectivity index (χ1n) is 6.59. The number of nitrogens with two attached hydrogens (primary N) is 1. The van der Waals surface area contributed by atoms with Gasteiger partial charge in [0.25, 0.3) is 0 Å². The molecule has 0 aromatic heterocycles. The Balaban J connectivity index is 2.22. The zero-order valence-electron chi connectivity index (χ0n) is 11.7. The molecule has 2 aromatic carbocycles. The highest BCUT2D eigenvalue weighted by molar-refractivity contribution is 5.99. The van der Waals surface area contributed by atoms with Crippen LogP contribution in [-0.2, 0) is 4.79 Å². The van der Waals surface area contributed by atoms with Crippen LogP contribution in [-0.4, -0.2) is 18.0 Å². The summed E-state index contributed by atoms with van der Waals surface area (Å²) in [6.07, 6.45) is 0. The van der Waals surface area contributed by atoms with E-state index in [0.29, 0.717) is 5.69 Å².